The van der Waals surface area contributed by atoms with Gasteiger partial charge in [0.15, 0.2) is 0 Å². The molecule has 1 heterocycles. The first-order valence-corrected chi connectivity index (χ1v) is 7.79. The molecule has 0 aliphatic heterocycles. The van der Waals surface area contributed by atoms with Crippen molar-refractivity contribution in [1.82, 2.24) is 9.55 Å². The maximum atomic E-state index is 12.4. The predicted molar refractivity (Wildman–Crippen MR) is 80.6 cm³/mol. The van der Waals surface area contributed by atoms with Gasteiger partial charge in [-0.25, -0.2) is 4.79 Å². The molecule has 2 saturated carbocycles. The Morgan fingerprint density at radius 2 is 2.00 bits per heavy atom. The molecule has 0 spiro atoms. The molecule has 3 rings (SSSR count). The number of aromatic hydroxyl groups is 1. The summed E-state index contributed by atoms with van der Waals surface area (Å²) in [6.07, 6.45) is 3.74. The van der Waals surface area contributed by atoms with Crippen LogP contribution in [-0.4, -0.2) is 14.7 Å². The number of aromatic amines is 1. The summed E-state index contributed by atoms with van der Waals surface area (Å²) in [5.41, 5.74) is -0.697. The van der Waals surface area contributed by atoms with Crippen LogP contribution in [0.5, 0.6) is 5.88 Å². The highest BCUT2D eigenvalue weighted by Gasteiger charge is 2.60. The third kappa shape index (κ3) is 1.75. The summed E-state index contributed by atoms with van der Waals surface area (Å²) in [6, 6.07) is -0.0709. The van der Waals surface area contributed by atoms with Crippen LogP contribution in [0.4, 0.5) is 0 Å². The van der Waals surface area contributed by atoms with Crippen LogP contribution in [0.3, 0.4) is 0 Å². The molecular weight excluding hydrogens is 268 g/mol. The molecule has 0 aromatic carbocycles. The van der Waals surface area contributed by atoms with E-state index in [1.54, 1.807) is 0 Å². The van der Waals surface area contributed by atoms with E-state index in [9.17, 15) is 14.7 Å². The summed E-state index contributed by atoms with van der Waals surface area (Å²) in [7, 11) is 0. The zero-order chi connectivity index (χ0) is 15.6. The van der Waals surface area contributed by atoms with Crippen LogP contribution in [0.1, 0.15) is 58.6 Å². The van der Waals surface area contributed by atoms with E-state index in [2.05, 4.69) is 25.8 Å². The molecule has 116 valence electrons. The standard InChI is InChI=1S/C16H24N2O3/c1-5-10-11(19)17-14(21)18(12(10)20)13-15(2,3)9-6-7-16(13,4)8-9/h9,13,20H,5-8H2,1-4H3,(H,17,19,21). The molecule has 0 radical (unpaired) electrons. The van der Waals surface area contributed by atoms with Crippen LogP contribution in [0.2, 0.25) is 0 Å². The summed E-state index contributed by atoms with van der Waals surface area (Å²) in [4.78, 5) is 26.6. The zero-order valence-corrected chi connectivity index (χ0v) is 13.2. The monoisotopic (exact) mass is 292 g/mol. The fraction of sp³-hybridized carbons (Fsp3) is 0.750. The molecule has 2 aliphatic carbocycles. The highest BCUT2D eigenvalue weighted by Crippen LogP contribution is 2.68. The van der Waals surface area contributed by atoms with Gasteiger partial charge >= 0.3 is 5.69 Å². The Kier molecular flexibility index (Phi) is 2.91. The van der Waals surface area contributed by atoms with Gasteiger partial charge in [0.1, 0.15) is 0 Å². The minimum Gasteiger partial charge on any atom is -0.494 e. The number of nitrogens with one attached hydrogen (secondary N) is 1. The van der Waals surface area contributed by atoms with Crippen molar-refractivity contribution in [2.24, 2.45) is 16.7 Å². The molecule has 3 unspecified atom stereocenters. The van der Waals surface area contributed by atoms with Crippen molar-refractivity contribution in [3.8, 4) is 5.88 Å². The average Bonchev–Trinajstić information content (AvgIpc) is 2.84. The first-order chi connectivity index (χ1) is 9.72. The van der Waals surface area contributed by atoms with Gasteiger partial charge in [-0.15, -0.1) is 0 Å². The molecule has 0 amide bonds. The molecule has 0 saturated heterocycles. The van der Waals surface area contributed by atoms with Crippen LogP contribution in [0.15, 0.2) is 9.59 Å². The van der Waals surface area contributed by atoms with E-state index in [0.717, 1.165) is 12.8 Å². The highest BCUT2D eigenvalue weighted by molar-refractivity contribution is 5.25. The molecule has 1 aromatic rings. The van der Waals surface area contributed by atoms with Gasteiger partial charge in [-0.1, -0.05) is 27.7 Å². The van der Waals surface area contributed by atoms with Crippen molar-refractivity contribution >= 4 is 0 Å². The van der Waals surface area contributed by atoms with E-state index in [-0.39, 0.29) is 22.8 Å². The summed E-state index contributed by atoms with van der Waals surface area (Å²) >= 11 is 0. The lowest BCUT2D eigenvalue weighted by atomic mass is 9.68. The topological polar surface area (TPSA) is 75.1 Å². The molecular formula is C16H24N2O3. The largest absolute Gasteiger partial charge is 0.494 e. The molecule has 5 heteroatoms. The predicted octanol–water partition coefficient (Wildman–Crippen LogP) is 2.19. The fourth-order valence-electron chi connectivity index (χ4n) is 5.05. The normalized spacial score (nSPS) is 33.5. The Labute approximate surface area is 124 Å². The van der Waals surface area contributed by atoms with Crippen molar-refractivity contribution in [3.63, 3.8) is 0 Å². The average molecular weight is 292 g/mol. The number of hydrogen-bond donors (Lipinski definition) is 2. The molecule has 2 bridgehead atoms. The third-order valence-electron chi connectivity index (χ3n) is 6.02. The van der Waals surface area contributed by atoms with E-state index in [1.165, 1.54) is 11.0 Å². The van der Waals surface area contributed by atoms with Gasteiger partial charge in [-0.05, 0) is 42.4 Å². The Bertz CT molecular complexity index is 696. The molecule has 1 aromatic heterocycles. The number of H-pyrrole nitrogens is 1. The molecule has 2 aliphatic rings. The van der Waals surface area contributed by atoms with Gasteiger partial charge in [0.05, 0.1) is 11.6 Å². The second kappa shape index (κ2) is 4.24. The Hall–Kier alpha value is -1.52. The first kappa shape index (κ1) is 14.4. The minimum absolute atomic E-state index is 0.0126. The Morgan fingerprint density at radius 1 is 1.33 bits per heavy atom. The first-order valence-electron chi connectivity index (χ1n) is 7.79. The third-order valence-corrected chi connectivity index (χ3v) is 6.02. The van der Waals surface area contributed by atoms with Crippen LogP contribution >= 0.6 is 0 Å². The fourth-order valence-corrected chi connectivity index (χ4v) is 5.05. The van der Waals surface area contributed by atoms with Crippen molar-refractivity contribution in [2.45, 2.75) is 59.4 Å². The van der Waals surface area contributed by atoms with Crippen LogP contribution in [-0.2, 0) is 6.42 Å². The highest BCUT2D eigenvalue weighted by atomic mass is 16.3. The summed E-state index contributed by atoms with van der Waals surface area (Å²) in [5.74, 6) is 0.425. The second-order valence-electron chi connectivity index (χ2n) is 7.60. The zero-order valence-electron chi connectivity index (χ0n) is 13.2. The van der Waals surface area contributed by atoms with Crippen LogP contribution in [0.25, 0.3) is 0 Å². The maximum Gasteiger partial charge on any atom is 0.331 e. The van der Waals surface area contributed by atoms with Gasteiger partial charge in [-0.2, -0.15) is 0 Å². The summed E-state index contributed by atoms with van der Waals surface area (Å²) in [6.45, 7) is 8.37. The van der Waals surface area contributed by atoms with Gasteiger partial charge in [0.2, 0.25) is 5.88 Å². The van der Waals surface area contributed by atoms with Gasteiger partial charge in [-0.3, -0.25) is 14.3 Å². The number of aromatic nitrogens is 2. The number of hydrogen-bond acceptors (Lipinski definition) is 3. The lowest BCUT2D eigenvalue weighted by Gasteiger charge is -2.43. The van der Waals surface area contributed by atoms with Gasteiger partial charge in [0, 0.05) is 0 Å². The van der Waals surface area contributed by atoms with Gasteiger partial charge < -0.3 is 5.11 Å². The van der Waals surface area contributed by atoms with E-state index in [1.807, 2.05) is 6.92 Å². The molecule has 3 atom stereocenters. The number of fused-ring (bicyclic) bond motifs is 2. The van der Waals surface area contributed by atoms with Crippen molar-refractivity contribution in [1.29, 1.82) is 0 Å². The van der Waals surface area contributed by atoms with Crippen LogP contribution < -0.4 is 11.2 Å². The van der Waals surface area contributed by atoms with E-state index in [0.29, 0.717) is 17.9 Å². The van der Waals surface area contributed by atoms with E-state index < -0.39 is 11.2 Å². The maximum absolute atomic E-state index is 12.4. The van der Waals surface area contributed by atoms with E-state index in [4.69, 9.17) is 0 Å². The smallest absolute Gasteiger partial charge is 0.331 e. The van der Waals surface area contributed by atoms with E-state index >= 15 is 0 Å². The SMILES string of the molecule is CCc1c(O)n(C2C3(C)CCC(C3)C2(C)C)c(=O)[nH]c1=O. The van der Waals surface area contributed by atoms with Crippen molar-refractivity contribution in [3.05, 3.63) is 26.4 Å². The molecule has 21 heavy (non-hydrogen) atoms. The van der Waals surface area contributed by atoms with Gasteiger partial charge in [0.25, 0.3) is 5.56 Å². The lowest BCUT2D eigenvalue weighted by Crippen LogP contribution is -2.44. The molecule has 5 nitrogen and oxygen atoms in total. The Balaban J connectivity index is 2.26. The van der Waals surface area contributed by atoms with Crippen molar-refractivity contribution < 1.29 is 5.11 Å². The molecule has 2 N–H and O–H groups in total. The molecule has 2 fully saturated rings. The Morgan fingerprint density at radius 3 is 2.52 bits per heavy atom. The summed E-state index contributed by atoms with van der Waals surface area (Å²) < 4.78 is 1.46. The second-order valence-corrected chi connectivity index (χ2v) is 7.60. The van der Waals surface area contributed by atoms with Crippen LogP contribution in [0, 0.1) is 16.7 Å². The van der Waals surface area contributed by atoms with Crippen molar-refractivity contribution in [2.75, 3.05) is 0 Å². The number of rotatable bonds is 2. The lowest BCUT2D eigenvalue weighted by molar-refractivity contribution is 0.0720. The quantitative estimate of drug-likeness (QED) is 0.877. The number of nitrogens with zero attached hydrogens (tertiary/aromatic N) is 1. The summed E-state index contributed by atoms with van der Waals surface area (Å²) in [5, 5.41) is 10.5. The minimum atomic E-state index is -0.485.